The fourth-order valence-corrected chi connectivity index (χ4v) is 1.29. The minimum Gasteiger partial charge on any atom is -0.467 e. The van der Waals surface area contributed by atoms with Crippen LogP contribution in [0.25, 0.3) is 0 Å². The molecule has 0 unspecified atom stereocenters. The van der Waals surface area contributed by atoms with Crippen LogP contribution in [0.3, 0.4) is 0 Å². The Hall–Kier alpha value is -1.21. The Morgan fingerprint density at radius 2 is 1.92 bits per heavy atom. The van der Waals surface area contributed by atoms with Gasteiger partial charge in [-0.25, -0.2) is 23.1 Å². The van der Waals surface area contributed by atoms with Gasteiger partial charge < -0.3 is 4.74 Å². The quantitative estimate of drug-likeness (QED) is 0.709. The molecule has 0 aliphatic heterocycles. The molecule has 0 atom stereocenters. The van der Waals surface area contributed by atoms with E-state index in [0.29, 0.717) is 0 Å². The van der Waals surface area contributed by atoms with Crippen molar-refractivity contribution in [3.8, 4) is 6.01 Å². The summed E-state index contributed by atoms with van der Waals surface area (Å²) in [4.78, 5) is 7.33. The zero-order valence-corrected chi connectivity index (χ0v) is 8.00. The Labute approximate surface area is 76.0 Å². The Balaban J connectivity index is 3.06. The SMILES string of the molecule is CNS(=O)(=O)c1cnc(OC)nc1. The minimum absolute atomic E-state index is 0.0100. The zero-order chi connectivity index (χ0) is 9.90. The van der Waals surface area contributed by atoms with E-state index in [1.165, 1.54) is 26.6 Å². The van der Waals surface area contributed by atoms with Crippen molar-refractivity contribution < 1.29 is 13.2 Å². The Morgan fingerprint density at radius 1 is 1.38 bits per heavy atom. The monoisotopic (exact) mass is 203 g/mol. The molecule has 6 nitrogen and oxygen atoms in total. The summed E-state index contributed by atoms with van der Waals surface area (Å²) in [5, 5.41) is 0. The van der Waals surface area contributed by atoms with Crippen LogP contribution in [0.4, 0.5) is 0 Å². The third-order valence-corrected chi connectivity index (χ3v) is 2.73. The normalized spacial score (nSPS) is 11.2. The summed E-state index contributed by atoms with van der Waals surface area (Å²) in [5.41, 5.74) is 0. The number of sulfonamides is 1. The molecule has 7 heteroatoms. The first-order valence-corrected chi connectivity index (χ1v) is 4.88. The van der Waals surface area contributed by atoms with Gasteiger partial charge >= 0.3 is 6.01 Å². The van der Waals surface area contributed by atoms with E-state index in [-0.39, 0.29) is 10.9 Å². The maximum atomic E-state index is 11.2. The summed E-state index contributed by atoms with van der Waals surface area (Å²) in [6.45, 7) is 0. The van der Waals surface area contributed by atoms with Gasteiger partial charge in [-0.3, -0.25) is 0 Å². The van der Waals surface area contributed by atoms with Crippen LogP contribution < -0.4 is 9.46 Å². The molecule has 0 fully saturated rings. The molecule has 13 heavy (non-hydrogen) atoms. The van der Waals surface area contributed by atoms with Crippen LogP contribution in [0, 0.1) is 0 Å². The highest BCUT2D eigenvalue weighted by molar-refractivity contribution is 7.89. The van der Waals surface area contributed by atoms with Gasteiger partial charge in [-0.1, -0.05) is 0 Å². The Morgan fingerprint density at radius 3 is 2.31 bits per heavy atom. The summed E-state index contributed by atoms with van der Waals surface area (Å²) in [7, 11) is -0.730. The van der Waals surface area contributed by atoms with E-state index in [2.05, 4.69) is 19.4 Å². The van der Waals surface area contributed by atoms with E-state index in [9.17, 15) is 8.42 Å². The summed E-state index contributed by atoms with van der Waals surface area (Å²) in [6, 6.07) is 0.134. The van der Waals surface area contributed by atoms with Crippen molar-refractivity contribution in [3.05, 3.63) is 12.4 Å². The molecule has 0 spiro atoms. The molecular formula is C6H9N3O3S. The summed E-state index contributed by atoms with van der Waals surface area (Å²) >= 11 is 0. The van der Waals surface area contributed by atoms with Crippen LogP contribution in [0.1, 0.15) is 0 Å². The van der Waals surface area contributed by atoms with Gasteiger partial charge in [-0.2, -0.15) is 0 Å². The molecule has 1 rings (SSSR count). The largest absolute Gasteiger partial charge is 0.467 e. The standard InChI is InChI=1S/C6H9N3O3S/c1-7-13(10,11)5-3-8-6(12-2)9-4-5/h3-4,7H,1-2H3. The molecule has 1 N–H and O–H groups in total. The highest BCUT2D eigenvalue weighted by atomic mass is 32.2. The van der Waals surface area contributed by atoms with Crippen LogP contribution in [0.2, 0.25) is 0 Å². The lowest BCUT2D eigenvalue weighted by atomic mass is 10.7. The van der Waals surface area contributed by atoms with Gasteiger partial charge in [0.2, 0.25) is 10.0 Å². The van der Waals surface area contributed by atoms with Crippen LogP contribution >= 0.6 is 0 Å². The van der Waals surface area contributed by atoms with Gasteiger partial charge in [0, 0.05) is 0 Å². The van der Waals surface area contributed by atoms with E-state index < -0.39 is 10.0 Å². The van der Waals surface area contributed by atoms with Crippen molar-refractivity contribution >= 4 is 10.0 Å². The third-order valence-electron chi connectivity index (χ3n) is 1.37. The second kappa shape index (κ2) is 3.67. The number of nitrogens with zero attached hydrogens (tertiary/aromatic N) is 2. The number of hydrogen-bond donors (Lipinski definition) is 1. The number of hydrogen-bond acceptors (Lipinski definition) is 5. The molecule has 1 aromatic rings. The average molecular weight is 203 g/mol. The smallest absolute Gasteiger partial charge is 0.316 e. The predicted octanol–water partition coefficient (Wildman–Crippen LogP) is -0.607. The lowest BCUT2D eigenvalue weighted by molar-refractivity contribution is 0.378. The number of methoxy groups -OCH3 is 1. The Kier molecular flexibility index (Phi) is 2.79. The third kappa shape index (κ3) is 2.13. The molecule has 1 aromatic heterocycles. The molecule has 0 bridgehead atoms. The van der Waals surface area contributed by atoms with Crippen LogP contribution in [-0.2, 0) is 10.0 Å². The number of rotatable bonds is 3. The van der Waals surface area contributed by atoms with Gasteiger partial charge in [0.25, 0.3) is 0 Å². The van der Waals surface area contributed by atoms with Crippen molar-refractivity contribution in [2.45, 2.75) is 4.90 Å². The highest BCUT2D eigenvalue weighted by Gasteiger charge is 2.11. The molecule has 0 aliphatic rings. The first-order valence-electron chi connectivity index (χ1n) is 3.39. The van der Waals surface area contributed by atoms with Crippen molar-refractivity contribution in [2.75, 3.05) is 14.2 Å². The number of ether oxygens (including phenoxy) is 1. The minimum atomic E-state index is -3.45. The molecule has 0 aromatic carbocycles. The van der Waals surface area contributed by atoms with Crippen molar-refractivity contribution in [3.63, 3.8) is 0 Å². The van der Waals surface area contributed by atoms with E-state index in [4.69, 9.17) is 0 Å². The molecule has 72 valence electrons. The molecule has 1 heterocycles. The second-order valence-corrected chi connectivity index (χ2v) is 4.00. The highest BCUT2D eigenvalue weighted by Crippen LogP contribution is 2.06. The van der Waals surface area contributed by atoms with Crippen molar-refractivity contribution in [1.82, 2.24) is 14.7 Å². The number of aromatic nitrogens is 2. The molecule has 0 amide bonds. The van der Waals surface area contributed by atoms with Crippen LogP contribution in [0.15, 0.2) is 17.3 Å². The fourth-order valence-electron chi connectivity index (χ4n) is 0.666. The topological polar surface area (TPSA) is 81.2 Å². The Bertz CT molecular complexity index is 373. The zero-order valence-electron chi connectivity index (χ0n) is 7.18. The molecule has 0 aliphatic carbocycles. The van der Waals surface area contributed by atoms with E-state index in [1.807, 2.05) is 0 Å². The molecule has 0 saturated carbocycles. The first-order chi connectivity index (χ1) is 6.10. The summed E-state index contributed by atoms with van der Waals surface area (Å²) in [6.07, 6.45) is 2.36. The van der Waals surface area contributed by atoms with E-state index >= 15 is 0 Å². The first kappa shape index (κ1) is 9.87. The molecule has 0 radical (unpaired) electrons. The van der Waals surface area contributed by atoms with Crippen LogP contribution in [0.5, 0.6) is 6.01 Å². The fraction of sp³-hybridized carbons (Fsp3) is 0.333. The maximum absolute atomic E-state index is 11.2. The van der Waals surface area contributed by atoms with Crippen molar-refractivity contribution in [1.29, 1.82) is 0 Å². The van der Waals surface area contributed by atoms with Gasteiger partial charge in [0.05, 0.1) is 19.5 Å². The van der Waals surface area contributed by atoms with Gasteiger partial charge in [0.1, 0.15) is 4.90 Å². The lowest BCUT2D eigenvalue weighted by Gasteiger charge is -2.01. The predicted molar refractivity (Wildman–Crippen MR) is 44.8 cm³/mol. The lowest BCUT2D eigenvalue weighted by Crippen LogP contribution is -2.18. The number of nitrogens with one attached hydrogen (secondary N) is 1. The van der Waals surface area contributed by atoms with E-state index in [0.717, 1.165) is 0 Å². The van der Waals surface area contributed by atoms with Crippen LogP contribution in [-0.4, -0.2) is 32.5 Å². The summed E-state index contributed by atoms with van der Waals surface area (Å²) in [5.74, 6) is 0. The molecule has 0 saturated heterocycles. The second-order valence-electron chi connectivity index (χ2n) is 2.11. The van der Waals surface area contributed by atoms with Gasteiger partial charge in [0.15, 0.2) is 0 Å². The van der Waals surface area contributed by atoms with Gasteiger partial charge in [-0.15, -0.1) is 0 Å². The summed E-state index contributed by atoms with van der Waals surface area (Å²) < 4.78 is 29.2. The average Bonchev–Trinajstić information content (AvgIpc) is 2.18. The van der Waals surface area contributed by atoms with Gasteiger partial charge in [-0.05, 0) is 7.05 Å². The maximum Gasteiger partial charge on any atom is 0.316 e. The van der Waals surface area contributed by atoms with E-state index in [1.54, 1.807) is 0 Å². The van der Waals surface area contributed by atoms with Crippen molar-refractivity contribution in [2.24, 2.45) is 0 Å². The molecular weight excluding hydrogens is 194 g/mol.